The molecule has 7 heteroatoms. The Balaban J connectivity index is 1.92. The predicted molar refractivity (Wildman–Crippen MR) is 71.8 cm³/mol. The molecular weight excluding hydrogens is 242 g/mol. The Labute approximate surface area is 111 Å². The molecule has 2 atom stereocenters. The summed E-state index contributed by atoms with van der Waals surface area (Å²) in [5.41, 5.74) is 6.55. The third-order valence-corrected chi connectivity index (χ3v) is 4.01. The lowest BCUT2D eigenvalue weighted by Crippen LogP contribution is -2.41. The summed E-state index contributed by atoms with van der Waals surface area (Å²) in [5.74, 6) is 1.49. The second kappa shape index (κ2) is 5.08. The van der Waals surface area contributed by atoms with Crippen molar-refractivity contribution in [2.45, 2.75) is 32.2 Å². The molecule has 0 aromatic carbocycles. The fraction of sp³-hybridized carbons (Fsp3) is 0.667. The number of aromatic nitrogens is 5. The van der Waals surface area contributed by atoms with Gasteiger partial charge in [-0.2, -0.15) is 0 Å². The number of rotatable bonds is 4. The van der Waals surface area contributed by atoms with Gasteiger partial charge in [0.15, 0.2) is 11.5 Å². The summed E-state index contributed by atoms with van der Waals surface area (Å²) in [5, 5.41) is 15.8. The molecule has 2 heterocycles. The summed E-state index contributed by atoms with van der Waals surface area (Å²) in [6.07, 6.45) is 3.64. The van der Waals surface area contributed by atoms with Crippen LogP contribution in [0.25, 0.3) is 5.65 Å². The Bertz CT molecular complexity index is 552. The maximum absolute atomic E-state index is 5.88. The molecule has 2 aromatic rings. The maximum Gasteiger partial charge on any atom is 0.200 e. The van der Waals surface area contributed by atoms with E-state index in [-0.39, 0.29) is 0 Å². The summed E-state index contributed by atoms with van der Waals surface area (Å²) in [6.45, 7) is 3.81. The summed E-state index contributed by atoms with van der Waals surface area (Å²) < 4.78 is 1.48. The Morgan fingerprint density at radius 3 is 3.11 bits per heavy atom. The molecule has 0 bridgehead atoms. The fourth-order valence-electron chi connectivity index (χ4n) is 3.06. The van der Waals surface area contributed by atoms with Gasteiger partial charge in [-0.1, -0.05) is 6.42 Å². The van der Waals surface area contributed by atoms with Crippen LogP contribution in [0, 0.1) is 5.92 Å². The van der Waals surface area contributed by atoms with E-state index in [9.17, 15) is 0 Å². The van der Waals surface area contributed by atoms with Crippen LogP contribution >= 0.6 is 0 Å². The third kappa shape index (κ3) is 2.14. The normalized spacial score (nSPS) is 23.1. The molecule has 0 aliphatic heterocycles. The summed E-state index contributed by atoms with van der Waals surface area (Å²) >= 11 is 0. The van der Waals surface area contributed by atoms with E-state index in [1.54, 1.807) is 0 Å². The van der Waals surface area contributed by atoms with Crippen LogP contribution in [0.5, 0.6) is 0 Å². The van der Waals surface area contributed by atoms with Gasteiger partial charge in [-0.15, -0.1) is 14.8 Å². The zero-order valence-electron chi connectivity index (χ0n) is 11.1. The Hall–Kier alpha value is -1.76. The fourth-order valence-corrected chi connectivity index (χ4v) is 3.06. The summed E-state index contributed by atoms with van der Waals surface area (Å²) in [7, 11) is 0. The molecule has 2 aromatic heterocycles. The topological polar surface area (TPSA) is 85.2 Å². The molecule has 0 spiro atoms. The molecule has 19 heavy (non-hydrogen) atoms. The molecule has 2 unspecified atom stereocenters. The summed E-state index contributed by atoms with van der Waals surface area (Å²) in [6, 6.07) is 4.37. The van der Waals surface area contributed by atoms with Gasteiger partial charge >= 0.3 is 0 Å². The number of hydrogen-bond donors (Lipinski definition) is 1. The number of nitrogens with two attached hydrogens (primary N) is 1. The minimum Gasteiger partial charge on any atom is -0.352 e. The predicted octanol–water partition coefficient (Wildman–Crippen LogP) is 0.473. The minimum absolute atomic E-state index is 0.483. The first-order valence-electron chi connectivity index (χ1n) is 6.85. The van der Waals surface area contributed by atoms with E-state index in [0.717, 1.165) is 18.9 Å². The van der Waals surface area contributed by atoms with Crippen molar-refractivity contribution in [3.63, 3.8) is 0 Å². The van der Waals surface area contributed by atoms with Gasteiger partial charge in [0, 0.05) is 12.6 Å². The number of tetrazole rings is 1. The van der Waals surface area contributed by atoms with Crippen molar-refractivity contribution >= 4 is 11.5 Å². The van der Waals surface area contributed by atoms with Crippen molar-refractivity contribution in [2.24, 2.45) is 11.7 Å². The van der Waals surface area contributed by atoms with Gasteiger partial charge in [0.05, 0.1) is 0 Å². The van der Waals surface area contributed by atoms with E-state index in [1.165, 1.54) is 23.9 Å². The molecule has 2 N–H and O–H groups in total. The molecular formula is C12H19N7. The van der Waals surface area contributed by atoms with Crippen molar-refractivity contribution in [3.05, 3.63) is 12.1 Å². The molecule has 102 valence electrons. The highest BCUT2D eigenvalue weighted by molar-refractivity contribution is 5.45. The van der Waals surface area contributed by atoms with Crippen molar-refractivity contribution < 1.29 is 0 Å². The molecule has 0 saturated heterocycles. The van der Waals surface area contributed by atoms with E-state index in [4.69, 9.17) is 5.73 Å². The maximum atomic E-state index is 5.88. The quantitative estimate of drug-likeness (QED) is 0.861. The monoisotopic (exact) mass is 261 g/mol. The van der Waals surface area contributed by atoms with Crippen LogP contribution in [0.4, 0.5) is 5.82 Å². The first kappa shape index (κ1) is 12.3. The van der Waals surface area contributed by atoms with Gasteiger partial charge in [0.2, 0.25) is 0 Å². The van der Waals surface area contributed by atoms with Crippen LogP contribution < -0.4 is 10.6 Å². The van der Waals surface area contributed by atoms with E-state index < -0.39 is 0 Å². The number of nitrogens with zero attached hydrogens (tertiary/aromatic N) is 6. The highest BCUT2D eigenvalue weighted by Gasteiger charge is 2.31. The standard InChI is InChI=1S/C12H19N7/c1-2-18(10-5-3-4-9(10)8-13)12-7-6-11-14-16-17-19(11)15-12/h6-7,9-10H,2-5,8,13H2,1H3. The van der Waals surface area contributed by atoms with E-state index in [2.05, 4.69) is 32.4 Å². The first-order chi connectivity index (χ1) is 9.33. The lowest BCUT2D eigenvalue weighted by Gasteiger charge is -2.32. The first-order valence-corrected chi connectivity index (χ1v) is 6.85. The van der Waals surface area contributed by atoms with Crippen LogP contribution in [-0.2, 0) is 0 Å². The highest BCUT2D eigenvalue weighted by atomic mass is 15.6. The minimum atomic E-state index is 0.483. The smallest absolute Gasteiger partial charge is 0.200 e. The van der Waals surface area contributed by atoms with Crippen molar-refractivity contribution in [1.82, 2.24) is 25.3 Å². The van der Waals surface area contributed by atoms with Crippen molar-refractivity contribution in [3.8, 4) is 0 Å². The molecule has 3 rings (SSSR count). The molecule has 1 aliphatic rings. The SMILES string of the molecule is CCN(c1ccc2nnnn2n1)C1CCCC1CN. The molecule has 0 amide bonds. The van der Waals surface area contributed by atoms with Gasteiger partial charge in [0.25, 0.3) is 0 Å². The molecule has 1 fully saturated rings. The van der Waals surface area contributed by atoms with Gasteiger partial charge < -0.3 is 10.6 Å². The van der Waals surface area contributed by atoms with Crippen LogP contribution in [0.2, 0.25) is 0 Å². The van der Waals surface area contributed by atoms with Crippen LogP contribution in [0.1, 0.15) is 26.2 Å². The summed E-state index contributed by atoms with van der Waals surface area (Å²) in [4.78, 5) is 2.33. The van der Waals surface area contributed by atoms with Crippen LogP contribution in [0.15, 0.2) is 12.1 Å². The Kier molecular flexibility index (Phi) is 3.29. The third-order valence-electron chi connectivity index (χ3n) is 4.01. The molecule has 7 nitrogen and oxygen atoms in total. The lowest BCUT2D eigenvalue weighted by molar-refractivity contribution is 0.457. The lowest BCUT2D eigenvalue weighted by atomic mass is 10.0. The van der Waals surface area contributed by atoms with Gasteiger partial charge in [-0.05, 0) is 54.8 Å². The number of anilines is 1. The Morgan fingerprint density at radius 2 is 2.32 bits per heavy atom. The van der Waals surface area contributed by atoms with E-state index >= 15 is 0 Å². The van der Waals surface area contributed by atoms with Gasteiger partial charge in [-0.3, -0.25) is 0 Å². The van der Waals surface area contributed by atoms with Gasteiger partial charge in [-0.25, -0.2) is 0 Å². The van der Waals surface area contributed by atoms with E-state index in [1.807, 2.05) is 12.1 Å². The molecule has 1 saturated carbocycles. The number of hydrogen-bond acceptors (Lipinski definition) is 6. The van der Waals surface area contributed by atoms with Crippen molar-refractivity contribution in [2.75, 3.05) is 18.0 Å². The van der Waals surface area contributed by atoms with Crippen LogP contribution in [0.3, 0.4) is 0 Å². The molecule has 1 aliphatic carbocycles. The highest BCUT2D eigenvalue weighted by Crippen LogP contribution is 2.31. The van der Waals surface area contributed by atoms with E-state index in [0.29, 0.717) is 17.6 Å². The second-order valence-corrected chi connectivity index (χ2v) is 5.00. The molecule has 0 radical (unpaired) electrons. The average molecular weight is 261 g/mol. The zero-order chi connectivity index (χ0) is 13.2. The zero-order valence-corrected chi connectivity index (χ0v) is 11.1. The van der Waals surface area contributed by atoms with Gasteiger partial charge in [0.1, 0.15) is 0 Å². The second-order valence-electron chi connectivity index (χ2n) is 5.00. The number of fused-ring (bicyclic) bond motifs is 1. The van der Waals surface area contributed by atoms with Crippen molar-refractivity contribution in [1.29, 1.82) is 0 Å². The largest absolute Gasteiger partial charge is 0.352 e. The Morgan fingerprint density at radius 1 is 1.42 bits per heavy atom. The average Bonchev–Trinajstić information content (AvgIpc) is 3.07. The van der Waals surface area contributed by atoms with Crippen LogP contribution in [-0.4, -0.2) is 44.4 Å².